The van der Waals surface area contributed by atoms with E-state index in [2.05, 4.69) is 10.3 Å². The maximum atomic E-state index is 12.0. The number of hydrogen-bond donors (Lipinski definition) is 2. The van der Waals surface area contributed by atoms with Crippen LogP contribution in [0.25, 0.3) is 0 Å². The van der Waals surface area contributed by atoms with Crippen molar-refractivity contribution in [3.63, 3.8) is 0 Å². The molecule has 1 aromatic heterocycles. The summed E-state index contributed by atoms with van der Waals surface area (Å²) in [4.78, 5) is 27.9. The summed E-state index contributed by atoms with van der Waals surface area (Å²) in [5, 5.41) is 12.3. The van der Waals surface area contributed by atoms with E-state index in [1.165, 1.54) is 12.3 Å². The number of ether oxygens (including phenoxy) is 1. The molecule has 0 radical (unpaired) electrons. The predicted octanol–water partition coefficient (Wildman–Crippen LogP) is 2.57. The topological polar surface area (TPSA) is 132 Å². The lowest BCUT2D eigenvalue weighted by molar-refractivity contribution is -0.153. The standard InChI is InChI=1S/C18H26N2O7S/c1-17(2,3)26-16(23)20-14-8-7-12(11-19-14)10-18(15(21)22)9-5-6-13(18)27-28(4,24)25/h7-8,11,13H,5-6,9-10H2,1-4H3,(H,21,22)(H,19,20,23). The van der Waals surface area contributed by atoms with Gasteiger partial charge in [-0.3, -0.25) is 14.3 Å². The number of aliphatic carboxylic acids is 1. The van der Waals surface area contributed by atoms with Gasteiger partial charge < -0.3 is 9.84 Å². The van der Waals surface area contributed by atoms with Crippen LogP contribution in [0.2, 0.25) is 0 Å². The molecule has 2 atom stereocenters. The van der Waals surface area contributed by atoms with Crippen molar-refractivity contribution in [1.29, 1.82) is 0 Å². The molecule has 1 fully saturated rings. The fraction of sp³-hybridized carbons (Fsp3) is 0.611. The molecule has 0 aliphatic heterocycles. The van der Waals surface area contributed by atoms with Gasteiger partial charge in [0.2, 0.25) is 0 Å². The number of nitrogens with one attached hydrogen (secondary N) is 1. The molecule has 0 aromatic carbocycles. The molecule has 1 aromatic rings. The summed E-state index contributed by atoms with van der Waals surface area (Å²) in [5.74, 6) is -0.840. The van der Waals surface area contributed by atoms with Crippen LogP contribution in [-0.4, -0.2) is 48.5 Å². The minimum Gasteiger partial charge on any atom is -0.481 e. The summed E-state index contributed by atoms with van der Waals surface area (Å²) >= 11 is 0. The van der Waals surface area contributed by atoms with Crippen molar-refractivity contribution in [1.82, 2.24) is 4.98 Å². The van der Waals surface area contributed by atoms with E-state index in [1.54, 1.807) is 26.8 Å². The van der Waals surface area contributed by atoms with E-state index in [0.717, 1.165) is 6.26 Å². The normalized spacial score (nSPS) is 22.6. The Hall–Kier alpha value is -2.20. The largest absolute Gasteiger partial charge is 0.481 e. The fourth-order valence-electron chi connectivity index (χ4n) is 3.29. The Kier molecular flexibility index (Phi) is 6.34. The van der Waals surface area contributed by atoms with Crippen molar-refractivity contribution in [2.75, 3.05) is 11.6 Å². The third-order valence-corrected chi connectivity index (χ3v) is 4.98. The van der Waals surface area contributed by atoms with Gasteiger partial charge in [-0.25, -0.2) is 9.78 Å². The molecule has 156 valence electrons. The van der Waals surface area contributed by atoms with Gasteiger partial charge in [-0.05, 0) is 58.1 Å². The summed E-state index contributed by atoms with van der Waals surface area (Å²) in [6.07, 6.45) is 2.07. The van der Waals surface area contributed by atoms with E-state index in [4.69, 9.17) is 8.92 Å². The zero-order chi connectivity index (χ0) is 21.2. The molecule has 2 N–H and O–H groups in total. The number of nitrogens with zero attached hydrogens (tertiary/aromatic N) is 1. The third-order valence-electron chi connectivity index (χ3n) is 4.40. The van der Waals surface area contributed by atoms with Gasteiger partial charge in [0.1, 0.15) is 11.4 Å². The Morgan fingerprint density at radius 1 is 1.36 bits per heavy atom. The SMILES string of the molecule is CC(C)(C)OC(=O)Nc1ccc(CC2(C(=O)O)CCCC2OS(C)(=O)=O)cn1. The Morgan fingerprint density at radius 2 is 2.04 bits per heavy atom. The highest BCUT2D eigenvalue weighted by Crippen LogP contribution is 2.44. The highest BCUT2D eigenvalue weighted by Gasteiger charge is 2.51. The molecule has 9 nitrogen and oxygen atoms in total. The molecule has 1 amide bonds. The number of amides is 1. The number of hydrogen-bond acceptors (Lipinski definition) is 7. The van der Waals surface area contributed by atoms with Gasteiger partial charge in [0.15, 0.2) is 0 Å². The van der Waals surface area contributed by atoms with Crippen LogP contribution < -0.4 is 5.32 Å². The van der Waals surface area contributed by atoms with E-state index < -0.39 is 39.3 Å². The summed E-state index contributed by atoms with van der Waals surface area (Å²) in [6, 6.07) is 3.18. The number of carboxylic acids is 1. The lowest BCUT2D eigenvalue weighted by Crippen LogP contribution is -2.42. The maximum Gasteiger partial charge on any atom is 0.413 e. The van der Waals surface area contributed by atoms with Crippen LogP contribution in [-0.2, 0) is 30.3 Å². The van der Waals surface area contributed by atoms with Crippen LogP contribution in [0.5, 0.6) is 0 Å². The maximum absolute atomic E-state index is 12.0. The number of anilines is 1. The second-order valence-corrected chi connectivity index (χ2v) is 9.60. The molecule has 0 bridgehead atoms. The molecule has 1 saturated carbocycles. The quantitative estimate of drug-likeness (QED) is 0.679. The van der Waals surface area contributed by atoms with Crippen LogP contribution in [0.1, 0.15) is 45.6 Å². The zero-order valence-electron chi connectivity index (χ0n) is 16.4. The minimum atomic E-state index is -3.78. The molecule has 2 rings (SSSR count). The summed E-state index contributed by atoms with van der Waals surface area (Å²) in [7, 11) is -3.78. The van der Waals surface area contributed by atoms with Gasteiger partial charge in [-0.1, -0.05) is 6.07 Å². The van der Waals surface area contributed by atoms with Crippen LogP contribution in [0.4, 0.5) is 10.6 Å². The van der Waals surface area contributed by atoms with Gasteiger partial charge in [-0.2, -0.15) is 8.42 Å². The average Bonchev–Trinajstić information content (AvgIpc) is 2.89. The number of pyridine rings is 1. The molecule has 28 heavy (non-hydrogen) atoms. The van der Waals surface area contributed by atoms with Crippen molar-refractivity contribution in [2.24, 2.45) is 5.41 Å². The van der Waals surface area contributed by atoms with Crippen molar-refractivity contribution >= 4 is 28.0 Å². The van der Waals surface area contributed by atoms with E-state index in [0.29, 0.717) is 24.8 Å². The van der Waals surface area contributed by atoms with Crippen molar-refractivity contribution in [3.8, 4) is 0 Å². The Morgan fingerprint density at radius 3 is 2.54 bits per heavy atom. The Labute approximate surface area is 164 Å². The van der Waals surface area contributed by atoms with Crippen LogP contribution in [0.3, 0.4) is 0 Å². The monoisotopic (exact) mass is 414 g/mol. The number of carbonyl (C=O) groups excluding carboxylic acids is 1. The van der Waals surface area contributed by atoms with Crippen LogP contribution >= 0.6 is 0 Å². The molecular weight excluding hydrogens is 388 g/mol. The summed E-state index contributed by atoms with van der Waals surface area (Å²) < 4.78 is 33.2. The molecule has 1 aliphatic carbocycles. The van der Waals surface area contributed by atoms with Crippen LogP contribution in [0, 0.1) is 5.41 Å². The highest BCUT2D eigenvalue weighted by atomic mass is 32.2. The molecule has 2 unspecified atom stereocenters. The van der Waals surface area contributed by atoms with Crippen molar-refractivity contribution in [3.05, 3.63) is 23.9 Å². The van der Waals surface area contributed by atoms with E-state index in [9.17, 15) is 23.1 Å². The van der Waals surface area contributed by atoms with E-state index >= 15 is 0 Å². The lowest BCUT2D eigenvalue weighted by atomic mass is 9.78. The van der Waals surface area contributed by atoms with E-state index in [-0.39, 0.29) is 12.2 Å². The highest BCUT2D eigenvalue weighted by molar-refractivity contribution is 7.86. The minimum absolute atomic E-state index is 0.0717. The molecular formula is C18H26N2O7S. The molecule has 1 heterocycles. The second-order valence-electron chi connectivity index (χ2n) is 8.00. The first-order valence-electron chi connectivity index (χ1n) is 8.87. The average molecular weight is 414 g/mol. The smallest absolute Gasteiger partial charge is 0.413 e. The van der Waals surface area contributed by atoms with Gasteiger partial charge in [0.25, 0.3) is 10.1 Å². The van der Waals surface area contributed by atoms with Gasteiger partial charge in [-0.15, -0.1) is 0 Å². The molecule has 0 spiro atoms. The number of carboxylic acid groups (broad SMARTS) is 1. The predicted molar refractivity (Wildman–Crippen MR) is 101 cm³/mol. The van der Waals surface area contributed by atoms with Gasteiger partial charge in [0.05, 0.1) is 17.8 Å². The van der Waals surface area contributed by atoms with Crippen LogP contribution in [0.15, 0.2) is 18.3 Å². The summed E-state index contributed by atoms with van der Waals surface area (Å²) in [5.41, 5.74) is -1.39. The number of rotatable bonds is 6. The molecule has 1 aliphatic rings. The van der Waals surface area contributed by atoms with Gasteiger partial charge in [0, 0.05) is 6.20 Å². The first kappa shape index (κ1) is 22.1. The third kappa shape index (κ3) is 5.90. The second kappa shape index (κ2) is 8.04. The lowest BCUT2D eigenvalue weighted by Gasteiger charge is -2.30. The van der Waals surface area contributed by atoms with E-state index in [1.807, 2.05) is 0 Å². The van der Waals surface area contributed by atoms with Gasteiger partial charge >= 0.3 is 12.1 Å². The Balaban J connectivity index is 2.14. The molecule has 0 saturated heterocycles. The first-order valence-corrected chi connectivity index (χ1v) is 10.7. The van der Waals surface area contributed by atoms with Crippen molar-refractivity contribution < 1.29 is 32.0 Å². The number of carbonyl (C=O) groups is 2. The Bertz CT molecular complexity index is 830. The molecule has 10 heteroatoms. The first-order chi connectivity index (χ1) is 12.8. The zero-order valence-corrected chi connectivity index (χ0v) is 17.2. The van der Waals surface area contributed by atoms with Crippen molar-refractivity contribution in [2.45, 2.75) is 58.2 Å². The number of aromatic nitrogens is 1. The summed E-state index contributed by atoms with van der Waals surface area (Å²) in [6.45, 7) is 5.22. The fourth-order valence-corrected chi connectivity index (χ4v) is 3.99.